The van der Waals surface area contributed by atoms with E-state index in [0.717, 1.165) is 11.3 Å². The number of carbonyl (C=O) groups is 1. The lowest BCUT2D eigenvalue weighted by Crippen LogP contribution is -2.35. The molecule has 0 aliphatic heterocycles. The number of aromatic nitrogens is 2. The van der Waals surface area contributed by atoms with Gasteiger partial charge in [0.1, 0.15) is 11.5 Å². The fourth-order valence-electron chi connectivity index (χ4n) is 2.04. The lowest BCUT2D eigenvalue weighted by molar-refractivity contribution is -0.139. The molecule has 0 saturated heterocycles. The van der Waals surface area contributed by atoms with E-state index in [-0.39, 0.29) is 12.6 Å². The molecule has 114 valence electrons. The van der Waals surface area contributed by atoms with E-state index in [1.54, 1.807) is 4.90 Å². The summed E-state index contributed by atoms with van der Waals surface area (Å²) in [6.45, 7) is 7.75. The Kier molecular flexibility index (Phi) is 4.42. The molecule has 2 heterocycles. The van der Waals surface area contributed by atoms with E-state index in [1.165, 1.54) is 0 Å². The van der Waals surface area contributed by atoms with Crippen LogP contribution in [0.5, 0.6) is 0 Å². The van der Waals surface area contributed by atoms with Crippen LogP contribution in [0.25, 0.3) is 11.5 Å². The van der Waals surface area contributed by atoms with Crippen molar-refractivity contribution in [3.05, 3.63) is 23.5 Å². The maximum absolute atomic E-state index is 10.9. The number of nitrogens with zero attached hydrogens (tertiary/aromatic N) is 3. The number of hydrogen-bond donors (Lipinski definition) is 1. The number of rotatable bonds is 6. The molecule has 0 amide bonds. The normalized spacial score (nSPS) is 11.5. The lowest BCUT2D eigenvalue weighted by Gasteiger charge is -2.22. The van der Waals surface area contributed by atoms with Crippen LogP contribution in [0.15, 0.2) is 14.9 Å². The highest BCUT2D eigenvalue weighted by Crippen LogP contribution is 2.25. The summed E-state index contributed by atoms with van der Waals surface area (Å²) in [6, 6.07) is 1.90. The minimum Gasteiger partial charge on any atom is -0.480 e. The van der Waals surface area contributed by atoms with Gasteiger partial charge in [0.25, 0.3) is 5.89 Å². The van der Waals surface area contributed by atoms with Crippen LogP contribution in [0.4, 0.5) is 0 Å². The van der Waals surface area contributed by atoms with Gasteiger partial charge < -0.3 is 13.9 Å². The molecule has 0 bridgehead atoms. The molecule has 1 N–H and O–H groups in total. The Morgan fingerprint density at radius 3 is 2.57 bits per heavy atom. The number of hydrogen-bond acceptors (Lipinski definition) is 6. The Balaban J connectivity index is 2.15. The first kappa shape index (κ1) is 15.2. The fraction of sp³-hybridized carbons (Fsp3) is 0.500. The Hall–Kier alpha value is -2.15. The largest absolute Gasteiger partial charge is 0.480 e. The first-order valence-electron chi connectivity index (χ1n) is 6.72. The van der Waals surface area contributed by atoms with E-state index in [2.05, 4.69) is 10.2 Å². The number of aliphatic carboxylic acids is 1. The lowest BCUT2D eigenvalue weighted by atomic mass is 10.2. The van der Waals surface area contributed by atoms with Crippen LogP contribution in [0.2, 0.25) is 0 Å². The van der Waals surface area contributed by atoms with Gasteiger partial charge in [0.2, 0.25) is 5.89 Å². The monoisotopic (exact) mass is 293 g/mol. The van der Waals surface area contributed by atoms with E-state index in [1.807, 2.05) is 33.8 Å². The van der Waals surface area contributed by atoms with Crippen molar-refractivity contribution in [2.75, 3.05) is 6.54 Å². The molecule has 0 aromatic carbocycles. The molecule has 2 rings (SSSR count). The minimum atomic E-state index is -0.884. The van der Waals surface area contributed by atoms with E-state index in [9.17, 15) is 4.79 Å². The van der Waals surface area contributed by atoms with Crippen molar-refractivity contribution < 1.29 is 18.7 Å². The first-order chi connectivity index (χ1) is 9.86. The van der Waals surface area contributed by atoms with Gasteiger partial charge in [0, 0.05) is 6.04 Å². The van der Waals surface area contributed by atoms with Crippen molar-refractivity contribution in [1.82, 2.24) is 15.1 Å². The third-order valence-electron chi connectivity index (χ3n) is 3.15. The summed E-state index contributed by atoms with van der Waals surface area (Å²) in [5, 5.41) is 16.9. The van der Waals surface area contributed by atoms with Gasteiger partial charge in [0.15, 0.2) is 0 Å². The van der Waals surface area contributed by atoms with Gasteiger partial charge in [-0.15, -0.1) is 10.2 Å². The molecule has 0 saturated carbocycles. The molecule has 2 aromatic heterocycles. The van der Waals surface area contributed by atoms with Crippen molar-refractivity contribution in [1.29, 1.82) is 0 Å². The SMILES string of the molecule is Cc1cc(-c2nnc(CN(CC(=O)O)C(C)C)o2)c(C)o1. The van der Waals surface area contributed by atoms with Crippen LogP contribution in [0.1, 0.15) is 31.3 Å². The molecule has 0 radical (unpaired) electrons. The third kappa shape index (κ3) is 3.69. The molecule has 0 atom stereocenters. The smallest absolute Gasteiger partial charge is 0.317 e. The zero-order valence-electron chi connectivity index (χ0n) is 12.6. The number of carboxylic acids is 1. The molecular formula is C14H19N3O4. The first-order valence-corrected chi connectivity index (χ1v) is 6.72. The predicted octanol–water partition coefficient (Wildman–Crippen LogP) is 2.24. The van der Waals surface area contributed by atoms with Gasteiger partial charge in [-0.2, -0.15) is 0 Å². The van der Waals surface area contributed by atoms with Crippen LogP contribution in [0, 0.1) is 13.8 Å². The summed E-state index contributed by atoms with van der Waals surface area (Å²) in [7, 11) is 0. The van der Waals surface area contributed by atoms with Crippen molar-refractivity contribution in [3.63, 3.8) is 0 Å². The Labute approximate surface area is 122 Å². The second kappa shape index (κ2) is 6.09. The zero-order chi connectivity index (χ0) is 15.6. The molecule has 0 fully saturated rings. The fourth-order valence-corrected chi connectivity index (χ4v) is 2.04. The molecular weight excluding hydrogens is 274 g/mol. The van der Waals surface area contributed by atoms with Gasteiger partial charge in [0.05, 0.1) is 18.7 Å². The van der Waals surface area contributed by atoms with Gasteiger partial charge >= 0.3 is 5.97 Å². The number of aryl methyl sites for hydroxylation is 2. The van der Waals surface area contributed by atoms with Crippen molar-refractivity contribution >= 4 is 5.97 Å². The Morgan fingerprint density at radius 2 is 2.05 bits per heavy atom. The van der Waals surface area contributed by atoms with Gasteiger partial charge in [-0.1, -0.05) is 0 Å². The summed E-state index contributed by atoms with van der Waals surface area (Å²) < 4.78 is 11.0. The van der Waals surface area contributed by atoms with Crippen LogP contribution in [-0.2, 0) is 11.3 Å². The topological polar surface area (TPSA) is 92.6 Å². The van der Waals surface area contributed by atoms with E-state index in [0.29, 0.717) is 24.1 Å². The van der Waals surface area contributed by atoms with Gasteiger partial charge in [-0.05, 0) is 33.8 Å². The molecule has 2 aromatic rings. The zero-order valence-corrected chi connectivity index (χ0v) is 12.6. The number of furan rings is 1. The molecule has 21 heavy (non-hydrogen) atoms. The van der Waals surface area contributed by atoms with Crippen LogP contribution in [-0.4, -0.2) is 38.8 Å². The molecule has 0 aliphatic rings. The predicted molar refractivity (Wildman–Crippen MR) is 74.7 cm³/mol. The van der Waals surface area contributed by atoms with Gasteiger partial charge in [-0.25, -0.2) is 0 Å². The summed E-state index contributed by atoms with van der Waals surface area (Å²) >= 11 is 0. The Bertz CT molecular complexity index is 630. The second-order valence-electron chi connectivity index (χ2n) is 5.22. The standard InChI is InChI=1S/C14H19N3O4/c1-8(2)17(7-13(18)19)6-12-15-16-14(21-12)11-5-9(3)20-10(11)4/h5,8H,6-7H2,1-4H3,(H,18,19). The highest BCUT2D eigenvalue weighted by atomic mass is 16.4. The summed E-state index contributed by atoms with van der Waals surface area (Å²) in [5.74, 6) is 1.38. The molecule has 7 nitrogen and oxygen atoms in total. The van der Waals surface area contributed by atoms with Crippen molar-refractivity contribution in [2.24, 2.45) is 0 Å². The van der Waals surface area contributed by atoms with E-state index < -0.39 is 5.97 Å². The van der Waals surface area contributed by atoms with E-state index in [4.69, 9.17) is 13.9 Å². The maximum atomic E-state index is 10.9. The highest BCUT2D eigenvalue weighted by Gasteiger charge is 2.19. The second-order valence-corrected chi connectivity index (χ2v) is 5.22. The molecule has 0 aliphatic carbocycles. The van der Waals surface area contributed by atoms with Crippen molar-refractivity contribution in [3.8, 4) is 11.5 Å². The average Bonchev–Trinajstić information content (AvgIpc) is 2.94. The third-order valence-corrected chi connectivity index (χ3v) is 3.15. The Morgan fingerprint density at radius 1 is 1.33 bits per heavy atom. The average molecular weight is 293 g/mol. The maximum Gasteiger partial charge on any atom is 0.317 e. The summed E-state index contributed by atoms with van der Waals surface area (Å²) in [6.07, 6.45) is 0. The summed E-state index contributed by atoms with van der Waals surface area (Å²) in [4.78, 5) is 12.6. The van der Waals surface area contributed by atoms with E-state index >= 15 is 0 Å². The molecule has 7 heteroatoms. The molecule has 0 unspecified atom stereocenters. The van der Waals surface area contributed by atoms with Crippen LogP contribution < -0.4 is 0 Å². The van der Waals surface area contributed by atoms with Gasteiger partial charge in [-0.3, -0.25) is 9.69 Å². The van der Waals surface area contributed by atoms with Crippen LogP contribution in [0.3, 0.4) is 0 Å². The highest BCUT2D eigenvalue weighted by molar-refractivity contribution is 5.69. The quantitative estimate of drug-likeness (QED) is 0.873. The molecule has 0 spiro atoms. The van der Waals surface area contributed by atoms with Crippen LogP contribution >= 0.6 is 0 Å². The van der Waals surface area contributed by atoms with Crippen molar-refractivity contribution in [2.45, 2.75) is 40.3 Å². The number of carboxylic acid groups (broad SMARTS) is 1. The minimum absolute atomic E-state index is 0.0642. The summed E-state index contributed by atoms with van der Waals surface area (Å²) in [5.41, 5.74) is 0.764.